The first-order valence-electron chi connectivity index (χ1n) is 4.12. The molecule has 0 spiro atoms. The van der Waals surface area contributed by atoms with Crippen molar-refractivity contribution >= 4 is 12.4 Å². The van der Waals surface area contributed by atoms with Crippen molar-refractivity contribution in [1.82, 2.24) is 0 Å². The summed E-state index contributed by atoms with van der Waals surface area (Å²) >= 11 is 0. The van der Waals surface area contributed by atoms with Crippen molar-refractivity contribution in [2.75, 3.05) is 6.54 Å². The highest BCUT2D eigenvalue weighted by atomic mass is 35.5. The highest BCUT2D eigenvalue weighted by Crippen LogP contribution is 2.03. The molecule has 2 N–H and O–H groups in total. The van der Waals surface area contributed by atoms with Gasteiger partial charge in [0.15, 0.2) is 0 Å². The van der Waals surface area contributed by atoms with Gasteiger partial charge < -0.3 is 5.73 Å². The van der Waals surface area contributed by atoms with Gasteiger partial charge in [0.05, 0.1) is 0 Å². The van der Waals surface area contributed by atoms with Gasteiger partial charge in [-0.2, -0.15) is 0 Å². The molecule has 0 aliphatic carbocycles. The van der Waals surface area contributed by atoms with Crippen LogP contribution >= 0.6 is 12.4 Å². The second-order valence-corrected chi connectivity index (χ2v) is 2.56. The summed E-state index contributed by atoms with van der Waals surface area (Å²) < 4.78 is 0. The summed E-state index contributed by atoms with van der Waals surface area (Å²) in [6.45, 7) is 3.11. The minimum absolute atomic E-state index is 0. The smallest absolute Gasteiger partial charge is 0.00773 e. The van der Waals surface area contributed by atoms with E-state index < -0.39 is 0 Å². The normalized spacial score (nSPS) is 9.00. The monoisotopic (exact) mass is 164 g/mol. The Balaban J connectivity index is 0. The summed E-state index contributed by atoms with van der Waals surface area (Å²) in [7, 11) is 0. The molecule has 0 heterocycles. The quantitative estimate of drug-likeness (QED) is 0.601. The Morgan fingerprint density at radius 2 is 1.40 bits per heavy atom. The molecular weight excluding hydrogens is 145 g/mol. The van der Waals surface area contributed by atoms with Crippen LogP contribution in [0.1, 0.15) is 45.4 Å². The van der Waals surface area contributed by atoms with Gasteiger partial charge in [0.25, 0.3) is 0 Å². The van der Waals surface area contributed by atoms with Crippen LogP contribution in [-0.2, 0) is 0 Å². The molecule has 0 aromatic carbocycles. The molecule has 0 rings (SSSR count). The fourth-order valence-electron chi connectivity index (χ4n) is 0.925. The number of nitrogens with two attached hydrogens (primary N) is 1. The van der Waals surface area contributed by atoms with Crippen molar-refractivity contribution in [1.29, 1.82) is 0 Å². The summed E-state index contributed by atoms with van der Waals surface area (Å²) in [4.78, 5) is 0. The van der Waals surface area contributed by atoms with E-state index in [1.54, 1.807) is 0 Å². The predicted octanol–water partition coefficient (Wildman–Crippen LogP) is 2.73. The Morgan fingerprint density at radius 3 is 1.90 bits per heavy atom. The van der Waals surface area contributed by atoms with Gasteiger partial charge in [0.2, 0.25) is 0 Å². The Labute approximate surface area is 70.8 Å². The lowest BCUT2D eigenvalue weighted by atomic mass is 9.97. The van der Waals surface area contributed by atoms with E-state index in [1.807, 2.05) is 0 Å². The van der Waals surface area contributed by atoms with E-state index >= 15 is 0 Å². The van der Waals surface area contributed by atoms with Gasteiger partial charge in [-0.1, -0.05) is 39.0 Å². The second kappa shape index (κ2) is 12.0. The molecule has 1 nitrogen and oxygen atoms in total. The van der Waals surface area contributed by atoms with Crippen LogP contribution in [0.25, 0.3) is 0 Å². The third-order valence-electron chi connectivity index (χ3n) is 1.56. The van der Waals surface area contributed by atoms with E-state index in [1.165, 1.54) is 38.5 Å². The largest absolute Gasteiger partial charge is 0.330 e. The van der Waals surface area contributed by atoms with Gasteiger partial charge in [-0.15, -0.1) is 12.4 Å². The molecule has 0 atom stereocenters. The topological polar surface area (TPSA) is 26.0 Å². The fourth-order valence-corrected chi connectivity index (χ4v) is 0.925. The molecule has 0 aliphatic rings. The zero-order valence-corrected chi connectivity index (χ0v) is 7.75. The maximum Gasteiger partial charge on any atom is -0.00773 e. The number of unbranched alkanes of at least 4 members (excludes halogenated alkanes) is 5. The van der Waals surface area contributed by atoms with E-state index in [9.17, 15) is 0 Å². The average Bonchev–Trinajstić information content (AvgIpc) is 1.89. The fraction of sp³-hybridized carbons (Fsp3) is 1.00. The van der Waals surface area contributed by atoms with Crippen LogP contribution in [-0.4, -0.2) is 6.54 Å². The van der Waals surface area contributed by atoms with Crippen LogP contribution in [0.3, 0.4) is 0 Å². The number of rotatable bonds is 6. The van der Waals surface area contributed by atoms with Crippen molar-refractivity contribution < 1.29 is 0 Å². The van der Waals surface area contributed by atoms with Gasteiger partial charge in [-0.3, -0.25) is 0 Å². The number of hydrogen-bond acceptors (Lipinski definition) is 1. The van der Waals surface area contributed by atoms with Crippen LogP contribution in [0.15, 0.2) is 0 Å². The standard InChI is InChI=1S/C8H19N.ClH/c1-2-3-4-5-6-7-8-9;/h2-9H2,1H3;1H/i8-1;. The van der Waals surface area contributed by atoms with Crippen molar-refractivity contribution in [3.63, 3.8) is 0 Å². The molecule has 0 unspecified atom stereocenters. The maximum absolute atomic E-state index is 5.34. The van der Waals surface area contributed by atoms with Gasteiger partial charge >= 0.3 is 0 Å². The Bertz CT molecular complexity index is 42.5. The molecule has 0 saturated carbocycles. The van der Waals surface area contributed by atoms with Crippen LogP contribution in [0.5, 0.6) is 0 Å². The molecular formula is C8H20ClN. The van der Waals surface area contributed by atoms with Crippen molar-refractivity contribution in [3.05, 3.63) is 0 Å². The summed E-state index contributed by atoms with van der Waals surface area (Å²) in [6, 6.07) is 0. The van der Waals surface area contributed by atoms with Gasteiger partial charge in [0.1, 0.15) is 0 Å². The zero-order chi connectivity index (χ0) is 6.95. The summed E-state index contributed by atoms with van der Waals surface area (Å²) in [5.74, 6) is 0. The lowest BCUT2D eigenvalue weighted by Gasteiger charge is -1.96. The molecule has 0 aromatic heterocycles. The van der Waals surface area contributed by atoms with Crippen LogP contribution in [0.4, 0.5) is 0 Å². The van der Waals surface area contributed by atoms with E-state index in [4.69, 9.17) is 5.73 Å². The highest BCUT2D eigenvalue weighted by molar-refractivity contribution is 5.85. The molecule has 2 heteroatoms. The van der Waals surface area contributed by atoms with Crippen molar-refractivity contribution in [2.24, 2.45) is 5.73 Å². The molecule has 64 valence electrons. The minimum Gasteiger partial charge on any atom is -0.330 e. The number of halogens is 1. The van der Waals surface area contributed by atoms with E-state index in [0.717, 1.165) is 6.54 Å². The minimum atomic E-state index is 0. The maximum atomic E-state index is 5.34. The van der Waals surface area contributed by atoms with E-state index in [0.29, 0.717) is 0 Å². The summed E-state index contributed by atoms with van der Waals surface area (Å²) in [6.07, 6.45) is 8.05. The van der Waals surface area contributed by atoms with Gasteiger partial charge in [-0.05, 0) is 13.0 Å². The lowest BCUT2D eigenvalue weighted by molar-refractivity contribution is 0.612. The van der Waals surface area contributed by atoms with Crippen molar-refractivity contribution in [2.45, 2.75) is 45.4 Å². The van der Waals surface area contributed by atoms with Gasteiger partial charge in [0, 0.05) is 0 Å². The molecule has 0 radical (unpaired) electrons. The second-order valence-electron chi connectivity index (χ2n) is 2.56. The lowest BCUT2D eigenvalue weighted by Crippen LogP contribution is -1.97. The first-order chi connectivity index (χ1) is 4.41. The van der Waals surface area contributed by atoms with Crippen molar-refractivity contribution in [3.8, 4) is 0 Å². The molecule has 0 fully saturated rings. The van der Waals surface area contributed by atoms with Crippen LogP contribution in [0, 0.1) is 0 Å². The van der Waals surface area contributed by atoms with E-state index in [2.05, 4.69) is 6.92 Å². The first-order valence-corrected chi connectivity index (χ1v) is 4.12. The average molecular weight is 165 g/mol. The van der Waals surface area contributed by atoms with Crippen LogP contribution < -0.4 is 5.73 Å². The summed E-state index contributed by atoms with van der Waals surface area (Å²) in [5, 5.41) is 0. The third kappa shape index (κ3) is 11.1. The Hall–Kier alpha value is 0.250. The molecule has 0 saturated heterocycles. The molecule has 0 bridgehead atoms. The Kier molecular flexibility index (Phi) is 15.4. The molecule has 0 amide bonds. The molecule has 0 aromatic rings. The van der Waals surface area contributed by atoms with E-state index in [-0.39, 0.29) is 12.4 Å². The summed E-state index contributed by atoms with van der Waals surface area (Å²) in [5.41, 5.74) is 5.34. The third-order valence-corrected chi connectivity index (χ3v) is 1.56. The zero-order valence-electron chi connectivity index (χ0n) is 6.94. The SMILES string of the molecule is CCCCCCC[11CH2]N.Cl. The van der Waals surface area contributed by atoms with Gasteiger partial charge in [-0.25, -0.2) is 0 Å². The first kappa shape index (κ1) is 12.9. The molecule has 10 heavy (non-hydrogen) atoms. The molecule has 0 aliphatic heterocycles. The number of hydrogen-bond donors (Lipinski definition) is 1. The highest BCUT2D eigenvalue weighted by Gasteiger charge is 1.85. The predicted molar refractivity (Wildman–Crippen MR) is 49.7 cm³/mol. The van der Waals surface area contributed by atoms with Crippen LogP contribution in [0.2, 0.25) is 0 Å². The Morgan fingerprint density at radius 1 is 0.900 bits per heavy atom.